The number of thiazole rings is 1. The number of likely N-dealkylation sites (tertiary alicyclic amines) is 1. The monoisotopic (exact) mass is 655 g/mol. The number of aromatic nitrogens is 1. The van der Waals surface area contributed by atoms with Gasteiger partial charge in [0.05, 0.1) is 29.6 Å². The topological polar surface area (TPSA) is 132 Å². The van der Waals surface area contributed by atoms with Crippen LogP contribution in [0.3, 0.4) is 0 Å². The van der Waals surface area contributed by atoms with E-state index in [2.05, 4.69) is 15.6 Å². The lowest BCUT2D eigenvalue weighted by molar-refractivity contribution is 0.0733. The molecule has 4 atom stereocenters. The summed E-state index contributed by atoms with van der Waals surface area (Å²) >= 11 is 1.51. The number of aliphatic hydroxyl groups excluding tert-OH is 1. The van der Waals surface area contributed by atoms with Crippen molar-refractivity contribution in [3.63, 3.8) is 0 Å². The van der Waals surface area contributed by atoms with E-state index >= 15 is 0 Å². The van der Waals surface area contributed by atoms with Crippen LogP contribution in [0, 0.1) is 12.7 Å². The molecule has 0 aliphatic carbocycles. The van der Waals surface area contributed by atoms with Crippen LogP contribution in [0.2, 0.25) is 0 Å². The average Bonchev–Trinajstić information content (AvgIpc) is 3.83. The maximum absolute atomic E-state index is 14.0. The quantitative estimate of drug-likeness (QED) is 0.321. The van der Waals surface area contributed by atoms with Gasteiger partial charge in [0.25, 0.3) is 11.8 Å². The lowest BCUT2D eigenvalue weighted by atomic mass is 9.95. The van der Waals surface area contributed by atoms with E-state index in [1.54, 1.807) is 23.1 Å². The van der Waals surface area contributed by atoms with Gasteiger partial charge in [0.1, 0.15) is 10.8 Å². The number of benzene rings is 2. The van der Waals surface area contributed by atoms with Crippen LogP contribution in [0.1, 0.15) is 75.1 Å². The molecule has 0 bridgehead atoms. The predicted octanol–water partition coefficient (Wildman–Crippen LogP) is 3.56. The highest BCUT2D eigenvalue weighted by atomic mass is 32.2. The van der Waals surface area contributed by atoms with Crippen LogP contribution < -0.4 is 14.9 Å². The van der Waals surface area contributed by atoms with Gasteiger partial charge in [0, 0.05) is 41.3 Å². The highest BCUT2D eigenvalue weighted by molar-refractivity contribution is 7.93. The summed E-state index contributed by atoms with van der Waals surface area (Å²) in [4.78, 5) is 34.3. The number of carbonyl (C=O) groups excluding carboxylic acids is 2. The molecule has 4 unspecified atom stereocenters. The molecular weight excluding hydrogens is 618 g/mol. The van der Waals surface area contributed by atoms with Crippen LogP contribution in [0.4, 0.5) is 10.1 Å². The molecule has 2 amide bonds. The summed E-state index contributed by atoms with van der Waals surface area (Å²) < 4.78 is 41.1. The number of hydrogen-bond donors (Lipinski definition) is 3. The van der Waals surface area contributed by atoms with Crippen LogP contribution in [0.15, 0.2) is 47.8 Å². The van der Waals surface area contributed by atoms with Crippen molar-refractivity contribution < 1.29 is 27.5 Å². The molecule has 0 saturated carbocycles. The van der Waals surface area contributed by atoms with Crippen molar-refractivity contribution in [3.05, 3.63) is 81.1 Å². The third-order valence-electron chi connectivity index (χ3n) is 8.83. The molecule has 4 heterocycles. The Kier molecular flexibility index (Phi) is 9.23. The number of nitrogens with one attached hydrogen (secondary N) is 2. The summed E-state index contributed by atoms with van der Waals surface area (Å²) in [7, 11) is -3.60. The number of anilines is 1. The van der Waals surface area contributed by atoms with E-state index in [-0.39, 0.29) is 53.5 Å². The Morgan fingerprint density at radius 1 is 1.13 bits per heavy atom. The molecule has 0 radical (unpaired) electrons. The van der Waals surface area contributed by atoms with Gasteiger partial charge in [-0.3, -0.25) is 13.9 Å². The molecule has 10 nitrogen and oxygen atoms in total. The van der Waals surface area contributed by atoms with Gasteiger partial charge in [-0.05, 0) is 87.9 Å². The van der Waals surface area contributed by atoms with Crippen molar-refractivity contribution >= 4 is 38.9 Å². The van der Waals surface area contributed by atoms with Gasteiger partial charge >= 0.3 is 0 Å². The maximum atomic E-state index is 14.0. The molecule has 6 rings (SSSR count). The fourth-order valence-corrected chi connectivity index (χ4v) is 9.10. The molecule has 3 aliphatic rings. The number of halogens is 1. The van der Waals surface area contributed by atoms with E-state index in [4.69, 9.17) is 0 Å². The standard InChI is InChI=1S/C32H38FN5O5S2/c1-20-19-44-31(35-20)28-9-4-11-37(28)32(41)23-16-22(17-25(18-23)38-12-5-13-45(38,42)43)30(40)36-27(29(39)26-8-3-10-34-26)15-21-6-2-7-24(33)14-21/h2,6-7,14,16-19,26-29,34,39H,3-5,8-13,15H2,1H3,(H,36,40). The molecule has 0 spiro atoms. The lowest BCUT2D eigenvalue weighted by Gasteiger charge is -2.29. The number of rotatable bonds is 9. The molecule has 1 aromatic heterocycles. The molecule has 3 fully saturated rings. The Balaban J connectivity index is 1.33. The number of nitrogens with zero attached hydrogens (tertiary/aromatic N) is 3. The zero-order valence-corrected chi connectivity index (χ0v) is 26.7. The highest BCUT2D eigenvalue weighted by Crippen LogP contribution is 2.36. The molecule has 3 aromatic rings. The maximum Gasteiger partial charge on any atom is 0.254 e. The number of aryl methyl sites for hydroxylation is 1. The Hall–Kier alpha value is -3.39. The van der Waals surface area contributed by atoms with Crippen molar-refractivity contribution in [2.24, 2.45) is 0 Å². The largest absolute Gasteiger partial charge is 0.389 e. The first-order chi connectivity index (χ1) is 21.6. The molecule has 3 N–H and O–H groups in total. The minimum atomic E-state index is -3.60. The highest BCUT2D eigenvalue weighted by Gasteiger charge is 2.36. The van der Waals surface area contributed by atoms with E-state index in [9.17, 15) is 27.5 Å². The molecule has 2 aromatic carbocycles. The van der Waals surface area contributed by atoms with Gasteiger partial charge in [-0.1, -0.05) is 12.1 Å². The van der Waals surface area contributed by atoms with Crippen molar-refractivity contribution in [1.29, 1.82) is 0 Å². The number of carbonyl (C=O) groups is 2. The number of amides is 2. The minimum absolute atomic E-state index is 0.0133. The number of sulfonamides is 1. The Morgan fingerprint density at radius 2 is 1.96 bits per heavy atom. The Morgan fingerprint density at radius 3 is 2.64 bits per heavy atom. The van der Waals surface area contributed by atoms with Gasteiger partial charge in [0.15, 0.2) is 0 Å². The molecule has 45 heavy (non-hydrogen) atoms. The first kappa shape index (κ1) is 31.6. The SMILES string of the molecule is Cc1csc(C2CCCN2C(=O)c2cc(C(=O)NC(Cc3cccc(F)c3)C(O)C3CCCN3)cc(N3CCCS3(=O)=O)c2)n1. The first-order valence-corrected chi connectivity index (χ1v) is 17.9. The Bertz CT molecular complexity index is 1680. The molecule has 240 valence electrons. The summed E-state index contributed by atoms with van der Waals surface area (Å²) in [6, 6.07) is 9.34. The zero-order valence-electron chi connectivity index (χ0n) is 25.1. The average molecular weight is 656 g/mol. The van der Waals surface area contributed by atoms with Crippen LogP contribution in [0.25, 0.3) is 0 Å². The van der Waals surface area contributed by atoms with Gasteiger partial charge < -0.3 is 20.6 Å². The van der Waals surface area contributed by atoms with Crippen LogP contribution in [-0.4, -0.2) is 78.8 Å². The van der Waals surface area contributed by atoms with Gasteiger partial charge in [0.2, 0.25) is 10.0 Å². The predicted molar refractivity (Wildman–Crippen MR) is 170 cm³/mol. The summed E-state index contributed by atoms with van der Waals surface area (Å²) in [5, 5.41) is 20.3. The summed E-state index contributed by atoms with van der Waals surface area (Å²) in [6.07, 6.45) is 2.84. The second-order valence-electron chi connectivity index (χ2n) is 12.1. The number of hydrogen-bond acceptors (Lipinski definition) is 8. The van der Waals surface area contributed by atoms with Crippen LogP contribution >= 0.6 is 11.3 Å². The van der Waals surface area contributed by atoms with Crippen molar-refractivity contribution in [2.45, 2.75) is 69.7 Å². The number of aliphatic hydroxyl groups is 1. The molecule has 13 heteroatoms. The molecular formula is C32H38FN5O5S2. The third kappa shape index (κ3) is 6.91. The minimum Gasteiger partial charge on any atom is -0.389 e. The summed E-state index contributed by atoms with van der Waals surface area (Å²) in [6.45, 7) is 3.43. The fourth-order valence-electron chi connectivity index (χ4n) is 6.61. The van der Waals surface area contributed by atoms with Crippen LogP contribution in [0.5, 0.6) is 0 Å². The fraction of sp³-hybridized carbons (Fsp3) is 0.469. The van der Waals surface area contributed by atoms with Gasteiger partial charge in [-0.15, -0.1) is 11.3 Å². The normalized spacial score (nSPS) is 22.5. The van der Waals surface area contributed by atoms with E-state index in [1.165, 1.54) is 39.9 Å². The van der Waals surface area contributed by atoms with Crippen molar-refractivity contribution in [1.82, 2.24) is 20.5 Å². The molecule has 3 saturated heterocycles. The second kappa shape index (κ2) is 13.1. The lowest BCUT2D eigenvalue weighted by Crippen LogP contribution is -2.52. The van der Waals surface area contributed by atoms with E-state index < -0.39 is 33.9 Å². The summed E-state index contributed by atoms with van der Waals surface area (Å²) in [5.41, 5.74) is 2.07. The first-order valence-electron chi connectivity index (χ1n) is 15.4. The van der Waals surface area contributed by atoms with E-state index in [1.807, 2.05) is 12.3 Å². The smallest absolute Gasteiger partial charge is 0.254 e. The van der Waals surface area contributed by atoms with Crippen molar-refractivity contribution in [3.8, 4) is 0 Å². The summed E-state index contributed by atoms with van der Waals surface area (Å²) in [5.74, 6) is -1.29. The van der Waals surface area contributed by atoms with Gasteiger partial charge in [-0.25, -0.2) is 17.8 Å². The Labute approximate surface area is 266 Å². The zero-order chi connectivity index (χ0) is 31.7. The third-order valence-corrected chi connectivity index (χ3v) is 11.8. The van der Waals surface area contributed by atoms with Crippen molar-refractivity contribution in [2.75, 3.05) is 29.7 Å². The van der Waals surface area contributed by atoms with Crippen LogP contribution in [-0.2, 0) is 16.4 Å². The molecule has 3 aliphatic heterocycles. The van der Waals surface area contributed by atoms with Gasteiger partial charge in [-0.2, -0.15) is 0 Å². The van der Waals surface area contributed by atoms with E-state index in [0.717, 1.165) is 42.9 Å². The van der Waals surface area contributed by atoms with E-state index in [0.29, 0.717) is 18.5 Å². The second-order valence-corrected chi connectivity index (χ2v) is 15.0.